The lowest BCUT2D eigenvalue weighted by Crippen LogP contribution is -2.34. The molecule has 2 rings (SSSR count). The fraction of sp³-hybridized carbons (Fsp3) is 0.571. The van der Waals surface area contributed by atoms with E-state index in [1.54, 1.807) is 4.68 Å². The van der Waals surface area contributed by atoms with Crippen LogP contribution in [0.4, 0.5) is 0 Å². The maximum Gasteiger partial charge on any atom is 0.273 e. The van der Waals surface area contributed by atoms with Crippen molar-refractivity contribution in [1.82, 2.24) is 25.6 Å². The smallest absolute Gasteiger partial charge is 0.273 e. The lowest BCUT2D eigenvalue weighted by Gasteiger charge is -2.15. The molecule has 0 aliphatic rings. The molecular formula is C21H33N5O2. The third kappa shape index (κ3) is 6.34. The minimum Gasteiger partial charge on any atom is -0.492 e. The summed E-state index contributed by atoms with van der Waals surface area (Å²) in [7, 11) is 0. The molecule has 0 aliphatic heterocycles. The first-order chi connectivity index (χ1) is 13.6. The molecule has 28 heavy (non-hydrogen) atoms. The Morgan fingerprint density at radius 3 is 2.75 bits per heavy atom. The van der Waals surface area contributed by atoms with Crippen LogP contribution in [-0.4, -0.2) is 46.6 Å². The van der Waals surface area contributed by atoms with E-state index in [1.165, 1.54) is 5.56 Å². The number of nitrogens with one attached hydrogen (secondary N) is 2. The number of hydrogen-bond acceptors (Lipinski definition) is 5. The van der Waals surface area contributed by atoms with E-state index in [0.717, 1.165) is 43.8 Å². The van der Waals surface area contributed by atoms with Crippen LogP contribution >= 0.6 is 0 Å². The quantitative estimate of drug-likeness (QED) is 0.547. The van der Waals surface area contributed by atoms with E-state index in [-0.39, 0.29) is 11.9 Å². The van der Waals surface area contributed by atoms with Crippen LogP contribution in [0.25, 0.3) is 0 Å². The van der Waals surface area contributed by atoms with Crippen LogP contribution < -0.4 is 15.4 Å². The highest BCUT2D eigenvalue weighted by molar-refractivity contribution is 5.93. The van der Waals surface area contributed by atoms with Crippen molar-refractivity contribution in [3.05, 3.63) is 41.2 Å². The molecule has 1 amide bonds. The second kappa shape index (κ2) is 11.4. The molecule has 0 aliphatic carbocycles. The van der Waals surface area contributed by atoms with Gasteiger partial charge in [-0.3, -0.25) is 4.79 Å². The minimum absolute atomic E-state index is 0.150. The summed E-state index contributed by atoms with van der Waals surface area (Å²) >= 11 is 0. The first kappa shape index (κ1) is 21.9. The lowest BCUT2D eigenvalue weighted by molar-refractivity contribution is 0.0946. The van der Waals surface area contributed by atoms with Gasteiger partial charge in [-0.25, -0.2) is 4.68 Å². The van der Waals surface area contributed by atoms with E-state index in [9.17, 15) is 4.79 Å². The van der Waals surface area contributed by atoms with Crippen LogP contribution in [-0.2, 0) is 19.4 Å². The van der Waals surface area contributed by atoms with Crippen LogP contribution in [0.1, 0.15) is 55.9 Å². The summed E-state index contributed by atoms with van der Waals surface area (Å²) in [5, 5.41) is 14.4. The van der Waals surface area contributed by atoms with Crippen molar-refractivity contribution in [3.8, 4) is 5.75 Å². The number of amides is 1. The Labute approximate surface area is 167 Å². The van der Waals surface area contributed by atoms with Gasteiger partial charge in [0, 0.05) is 25.7 Å². The number of aryl methyl sites for hydroxylation is 2. The van der Waals surface area contributed by atoms with Gasteiger partial charge in [0.1, 0.15) is 12.4 Å². The van der Waals surface area contributed by atoms with Crippen molar-refractivity contribution in [2.75, 3.05) is 19.7 Å². The molecule has 0 bridgehead atoms. The van der Waals surface area contributed by atoms with Crippen LogP contribution in [0.15, 0.2) is 24.3 Å². The number of benzene rings is 1. The lowest BCUT2D eigenvalue weighted by atomic mass is 10.2. The Morgan fingerprint density at radius 1 is 1.21 bits per heavy atom. The summed E-state index contributed by atoms with van der Waals surface area (Å²) in [5.74, 6) is 0.760. The maximum atomic E-state index is 12.3. The summed E-state index contributed by atoms with van der Waals surface area (Å²) in [6, 6.07) is 8.47. The summed E-state index contributed by atoms with van der Waals surface area (Å²) in [6.07, 6.45) is 2.58. The van der Waals surface area contributed by atoms with Crippen molar-refractivity contribution in [3.63, 3.8) is 0 Å². The summed E-state index contributed by atoms with van der Waals surface area (Å²) in [5.41, 5.74) is 2.60. The molecule has 154 valence electrons. The number of rotatable bonds is 12. The Hall–Kier alpha value is -2.41. The maximum absolute atomic E-state index is 12.3. The number of carbonyl (C=O) groups excluding carboxylic acids is 1. The molecule has 2 aromatic rings. The Morgan fingerprint density at radius 2 is 2.04 bits per heavy atom. The predicted octanol–water partition coefficient (Wildman–Crippen LogP) is 2.60. The Balaban J connectivity index is 1.65. The molecule has 2 N–H and O–H groups in total. The largest absolute Gasteiger partial charge is 0.492 e. The fourth-order valence-corrected chi connectivity index (χ4v) is 3.03. The highest BCUT2D eigenvalue weighted by Gasteiger charge is 2.17. The molecule has 1 aromatic carbocycles. The molecular weight excluding hydrogens is 354 g/mol. The number of nitrogens with zero attached hydrogens (tertiary/aromatic N) is 3. The Kier molecular flexibility index (Phi) is 8.94. The molecule has 0 saturated carbocycles. The molecule has 0 spiro atoms. The zero-order valence-electron chi connectivity index (χ0n) is 17.5. The van der Waals surface area contributed by atoms with E-state index >= 15 is 0 Å². The molecule has 1 aromatic heterocycles. The van der Waals surface area contributed by atoms with E-state index in [4.69, 9.17) is 4.74 Å². The van der Waals surface area contributed by atoms with Gasteiger partial charge in [0.15, 0.2) is 5.69 Å². The van der Waals surface area contributed by atoms with E-state index in [2.05, 4.69) is 46.9 Å². The second-order valence-corrected chi connectivity index (χ2v) is 6.80. The molecule has 7 heteroatoms. The van der Waals surface area contributed by atoms with Gasteiger partial charge in [0.25, 0.3) is 5.91 Å². The van der Waals surface area contributed by atoms with Crippen molar-refractivity contribution < 1.29 is 9.53 Å². The first-order valence-electron chi connectivity index (χ1n) is 10.2. The molecule has 0 saturated heterocycles. The summed E-state index contributed by atoms with van der Waals surface area (Å²) in [4.78, 5) is 12.3. The molecule has 1 heterocycles. The van der Waals surface area contributed by atoms with Gasteiger partial charge < -0.3 is 15.4 Å². The number of aromatic nitrogens is 3. The highest BCUT2D eigenvalue weighted by atomic mass is 16.5. The number of hydrogen-bond donors (Lipinski definition) is 2. The van der Waals surface area contributed by atoms with E-state index in [1.807, 2.05) is 26.0 Å². The van der Waals surface area contributed by atoms with Gasteiger partial charge in [0.05, 0.1) is 5.69 Å². The van der Waals surface area contributed by atoms with Crippen LogP contribution in [0.5, 0.6) is 5.75 Å². The number of carbonyl (C=O) groups is 1. The monoisotopic (exact) mass is 387 g/mol. The summed E-state index contributed by atoms with van der Waals surface area (Å²) < 4.78 is 7.56. The zero-order chi connectivity index (χ0) is 20.4. The van der Waals surface area contributed by atoms with Crippen molar-refractivity contribution >= 4 is 5.91 Å². The third-order valence-electron chi connectivity index (χ3n) is 4.72. The predicted molar refractivity (Wildman–Crippen MR) is 111 cm³/mol. The molecule has 1 atom stereocenters. The Bertz CT molecular complexity index is 744. The average Bonchev–Trinajstić information content (AvgIpc) is 3.14. The highest BCUT2D eigenvalue weighted by Crippen LogP contribution is 2.13. The van der Waals surface area contributed by atoms with Gasteiger partial charge in [-0.2, -0.15) is 0 Å². The van der Waals surface area contributed by atoms with E-state index < -0.39 is 0 Å². The molecule has 7 nitrogen and oxygen atoms in total. The SMILES string of the molecule is CCc1cccc(OCCN[C@@H](C)CCNC(=O)c2nnn(CC)c2CC)c1. The number of ether oxygens (including phenoxy) is 1. The van der Waals surface area contributed by atoms with Crippen LogP contribution in [0.3, 0.4) is 0 Å². The standard InChI is InChI=1S/C21H33N5O2/c1-5-17-9-8-10-18(15-17)28-14-13-22-16(4)11-12-23-21(27)20-19(6-2)26(7-3)25-24-20/h8-10,15-16,22H,5-7,11-14H2,1-4H3,(H,23,27)/t16-/m0/s1. The van der Waals surface area contributed by atoms with Gasteiger partial charge in [0.2, 0.25) is 0 Å². The fourth-order valence-electron chi connectivity index (χ4n) is 3.03. The average molecular weight is 388 g/mol. The molecule has 0 fully saturated rings. The topological polar surface area (TPSA) is 81.1 Å². The summed E-state index contributed by atoms with van der Waals surface area (Å²) in [6.45, 7) is 10.9. The van der Waals surface area contributed by atoms with E-state index in [0.29, 0.717) is 18.8 Å². The first-order valence-corrected chi connectivity index (χ1v) is 10.2. The van der Waals surface area contributed by atoms with Crippen molar-refractivity contribution in [1.29, 1.82) is 0 Å². The van der Waals surface area contributed by atoms with Gasteiger partial charge in [-0.15, -0.1) is 5.10 Å². The molecule has 0 unspecified atom stereocenters. The second-order valence-electron chi connectivity index (χ2n) is 6.80. The third-order valence-corrected chi connectivity index (χ3v) is 4.72. The normalized spacial score (nSPS) is 12.0. The molecule has 0 radical (unpaired) electrons. The van der Waals surface area contributed by atoms with Crippen molar-refractivity contribution in [2.45, 2.75) is 59.5 Å². The van der Waals surface area contributed by atoms with Crippen LogP contribution in [0.2, 0.25) is 0 Å². The van der Waals surface area contributed by atoms with Gasteiger partial charge in [-0.1, -0.05) is 31.2 Å². The van der Waals surface area contributed by atoms with Gasteiger partial charge >= 0.3 is 0 Å². The minimum atomic E-state index is -0.150. The zero-order valence-corrected chi connectivity index (χ0v) is 17.5. The van der Waals surface area contributed by atoms with Crippen LogP contribution in [0, 0.1) is 0 Å². The van der Waals surface area contributed by atoms with Crippen molar-refractivity contribution in [2.24, 2.45) is 0 Å². The van der Waals surface area contributed by atoms with Gasteiger partial charge in [-0.05, 0) is 50.8 Å².